The van der Waals surface area contributed by atoms with Crippen LogP contribution in [0, 0.1) is 0 Å². The molecule has 1 heterocycles. The van der Waals surface area contributed by atoms with Crippen LogP contribution in [0.1, 0.15) is 18.5 Å². The fraction of sp³-hybridized carbons (Fsp3) is 0.700. The quantitative estimate of drug-likeness (QED) is 0.614. The number of H-pyrrole nitrogens is 1. The van der Waals surface area contributed by atoms with Crippen LogP contribution in [0.15, 0.2) is 10.2 Å². The third kappa shape index (κ3) is 4.89. The van der Waals surface area contributed by atoms with Gasteiger partial charge in [-0.15, -0.1) is 0 Å². The molecule has 4 N–H and O–H groups in total. The Morgan fingerprint density at radius 3 is 3.06 bits per heavy atom. The van der Waals surface area contributed by atoms with E-state index in [1.54, 1.807) is 7.11 Å². The number of nitrogens with one attached hydrogen (secondary N) is 2. The van der Waals surface area contributed by atoms with E-state index in [0.717, 1.165) is 18.5 Å². The van der Waals surface area contributed by atoms with Gasteiger partial charge >= 0.3 is 4.87 Å². The molecule has 0 saturated carbocycles. The molecule has 0 spiro atoms. The molecule has 0 amide bonds. The van der Waals surface area contributed by atoms with Crippen LogP contribution < -0.4 is 15.9 Å². The fourth-order valence-corrected chi connectivity index (χ4v) is 2.05. The minimum Gasteiger partial charge on any atom is -0.383 e. The van der Waals surface area contributed by atoms with Gasteiger partial charge in [0.2, 0.25) is 0 Å². The molecule has 0 aromatic carbocycles. The topological polar surface area (TPSA) is 80.1 Å². The van der Waals surface area contributed by atoms with Gasteiger partial charge in [0.05, 0.1) is 6.61 Å². The van der Waals surface area contributed by atoms with E-state index in [4.69, 9.17) is 10.5 Å². The first-order valence-corrected chi connectivity index (χ1v) is 6.23. The number of hydrogen-bond donors (Lipinski definition) is 3. The maximum atomic E-state index is 10.9. The standard InChI is InChI=1S/C10H19N3O2S/c1-15-6-8(3-2-4-11)12-5-9-7-16-10(14)13-9/h7-8,12H,2-6,11H2,1H3,(H,13,14). The first kappa shape index (κ1) is 13.4. The van der Waals surface area contributed by atoms with Crippen LogP contribution in [0.25, 0.3) is 0 Å². The second-order valence-corrected chi connectivity index (χ2v) is 4.48. The van der Waals surface area contributed by atoms with Crippen molar-refractivity contribution in [3.05, 3.63) is 20.7 Å². The second kappa shape index (κ2) is 7.56. The summed E-state index contributed by atoms with van der Waals surface area (Å²) in [5, 5.41) is 5.18. The normalized spacial score (nSPS) is 12.9. The molecule has 0 aliphatic rings. The van der Waals surface area contributed by atoms with Crippen LogP contribution in [0.2, 0.25) is 0 Å². The van der Waals surface area contributed by atoms with Gasteiger partial charge in [-0.25, -0.2) is 0 Å². The zero-order valence-corrected chi connectivity index (χ0v) is 10.3. The molecule has 5 nitrogen and oxygen atoms in total. The zero-order valence-electron chi connectivity index (χ0n) is 9.49. The molecule has 1 atom stereocenters. The molecule has 6 heteroatoms. The lowest BCUT2D eigenvalue weighted by Gasteiger charge is -2.16. The smallest absolute Gasteiger partial charge is 0.304 e. The molecule has 0 fully saturated rings. The van der Waals surface area contributed by atoms with E-state index in [-0.39, 0.29) is 10.9 Å². The Hall–Kier alpha value is -0.690. The third-order valence-corrected chi connectivity index (χ3v) is 3.00. The van der Waals surface area contributed by atoms with E-state index in [1.807, 2.05) is 5.38 Å². The van der Waals surface area contributed by atoms with Gasteiger partial charge in [0.1, 0.15) is 0 Å². The molecule has 0 aliphatic carbocycles. The summed E-state index contributed by atoms with van der Waals surface area (Å²) in [6, 6.07) is 0.289. The van der Waals surface area contributed by atoms with Crippen LogP contribution in [-0.2, 0) is 11.3 Å². The Morgan fingerprint density at radius 1 is 1.69 bits per heavy atom. The SMILES string of the molecule is COCC(CCCN)NCc1csc(=O)[nH]1. The number of thiazole rings is 1. The van der Waals surface area contributed by atoms with Gasteiger partial charge in [-0.2, -0.15) is 0 Å². The lowest BCUT2D eigenvalue weighted by atomic mass is 10.1. The highest BCUT2D eigenvalue weighted by Crippen LogP contribution is 2.00. The van der Waals surface area contributed by atoms with Crippen molar-refractivity contribution < 1.29 is 4.74 Å². The molecule has 1 unspecified atom stereocenters. The van der Waals surface area contributed by atoms with Crippen molar-refractivity contribution in [2.45, 2.75) is 25.4 Å². The summed E-state index contributed by atoms with van der Waals surface area (Å²) in [7, 11) is 1.68. The van der Waals surface area contributed by atoms with Crippen molar-refractivity contribution in [1.29, 1.82) is 0 Å². The van der Waals surface area contributed by atoms with E-state index >= 15 is 0 Å². The molecular weight excluding hydrogens is 226 g/mol. The fourth-order valence-electron chi connectivity index (χ4n) is 1.46. The number of rotatable bonds is 8. The van der Waals surface area contributed by atoms with Crippen molar-refractivity contribution in [2.75, 3.05) is 20.3 Å². The molecule has 0 radical (unpaired) electrons. The highest BCUT2D eigenvalue weighted by atomic mass is 32.1. The average molecular weight is 245 g/mol. The molecule has 1 aromatic heterocycles. The maximum absolute atomic E-state index is 10.9. The average Bonchev–Trinajstić information content (AvgIpc) is 2.68. The molecule has 1 aromatic rings. The molecular formula is C10H19N3O2S. The summed E-state index contributed by atoms with van der Waals surface area (Å²) >= 11 is 1.18. The molecule has 16 heavy (non-hydrogen) atoms. The molecule has 1 rings (SSSR count). The predicted octanol–water partition coefficient (Wildman–Crippen LogP) is 0.280. The number of methoxy groups -OCH3 is 1. The predicted molar refractivity (Wildman–Crippen MR) is 65.7 cm³/mol. The Balaban J connectivity index is 2.33. The lowest BCUT2D eigenvalue weighted by Crippen LogP contribution is -2.33. The van der Waals surface area contributed by atoms with Crippen LogP contribution in [0.4, 0.5) is 0 Å². The highest BCUT2D eigenvalue weighted by Gasteiger charge is 2.07. The summed E-state index contributed by atoms with van der Waals surface area (Å²) in [5.74, 6) is 0. The molecule has 0 aliphatic heterocycles. The van der Waals surface area contributed by atoms with E-state index < -0.39 is 0 Å². The molecule has 0 saturated heterocycles. The van der Waals surface area contributed by atoms with Gasteiger partial charge in [-0.05, 0) is 19.4 Å². The third-order valence-electron chi connectivity index (χ3n) is 2.28. The van der Waals surface area contributed by atoms with Gasteiger partial charge in [0, 0.05) is 30.8 Å². The molecule has 92 valence electrons. The highest BCUT2D eigenvalue weighted by molar-refractivity contribution is 7.07. The van der Waals surface area contributed by atoms with Gasteiger partial charge in [-0.1, -0.05) is 11.3 Å². The summed E-state index contributed by atoms with van der Waals surface area (Å²) in [6.45, 7) is 2.02. The number of aromatic amines is 1. The summed E-state index contributed by atoms with van der Waals surface area (Å²) in [5.41, 5.74) is 6.39. The van der Waals surface area contributed by atoms with Crippen molar-refractivity contribution in [2.24, 2.45) is 5.73 Å². The zero-order chi connectivity index (χ0) is 11.8. The second-order valence-electron chi connectivity index (χ2n) is 3.64. The van der Waals surface area contributed by atoms with Gasteiger partial charge < -0.3 is 20.8 Å². The van der Waals surface area contributed by atoms with Crippen molar-refractivity contribution in [1.82, 2.24) is 10.3 Å². The van der Waals surface area contributed by atoms with Crippen molar-refractivity contribution in [3.8, 4) is 0 Å². The summed E-state index contributed by atoms with van der Waals surface area (Å²) < 4.78 is 5.12. The Labute approximate surface area is 99.0 Å². The number of nitrogens with two attached hydrogens (primary N) is 1. The van der Waals surface area contributed by atoms with E-state index in [9.17, 15) is 4.79 Å². The van der Waals surface area contributed by atoms with Gasteiger partial charge in [0.15, 0.2) is 0 Å². The number of ether oxygens (including phenoxy) is 1. The first-order chi connectivity index (χ1) is 7.76. The number of hydrogen-bond acceptors (Lipinski definition) is 5. The van der Waals surface area contributed by atoms with E-state index in [1.165, 1.54) is 11.3 Å². The van der Waals surface area contributed by atoms with E-state index in [0.29, 0.717) is 19.7 Å². The van der Waals surface area contributed by atoms with Crippen molar-refractivity contribution >= 4 is 11.3 Å². The number of aromatic nitrogens is 1. The maximum Gasteiger partial charge on any atom is 0.304 e. The minimum atomic E-state index is -0.0120. The van der Waals surface area contributed by atoms with Gasteiger partial charge in [-0.3, -0.25) is 4.79 Å². The Bertz CT molecular complexity index is 337. The van der Waals surface area contributed by atoms with Crippen LogP contribution in [0.5, 0.6) is 0 Å². The van der Waals surface area contributed by atoms with E-state index in [2.05, 4.69) is 10.3 Å². The summed E-state index contributed by atoms with van der Waals surface area (Å²) in [6.07, 6.45) is 1.96. The van der Waals surface area contributed by atoms with Gasteiger partial charge in [0.25, 0.3) is 0 Å². The van der Waals surface area contributed by atoms with Crippen LogP contribution in [-0.4, -0.2) is 31.3 Å². The summed E-state index contributed by atoms with van der Waals surface area (Å²) in [4.78, 5) is 13.7. The Morgan fingerprint density at radius 2 is 2.50 bits per heavy atom. The van der Waals surface area contributed by atoms with Crippen molar-refractivity contribution in [3.63, 3.8) is 0 Å². The Kier molecular flexibility index (Phi) is 6.32. The van der Waals surface area contributed by atoms with Crippen LogP contribution in [0.3, 0.4) is 0 Å². The lowest BCUT2D eigenvalue weighted by molar-refractivity contribution is 0.161. The monoisotopic (exact) mass is 245 g/mol. The largest absolute Gasteiger partial charge is 0.383 e. The van der Waals surface area contributed by atoms with Crippen LogP contribution >= 0.6 is 11.3 Å². The first-order valence-electron chi connectivity index (χ1n) is 5.35. The minimum absolute atomic E-state index is 0.0120. The molecule has 0 bridgehead atoms.